The summed E-state index contributed by atoms with van der Waals surface area (Å²) < 4.78 is 0. The predicted molar refractivity (Wildman–Crippen MR) is 83.1 cm³/mol. The maximum Gasteiger partial charge on any atom is 0.252 e. The molecule has 0 aliphatic heterocycles. The minimum atomic E-state index is -0.0829. The van der Waals surface area contributed by atoms with Crippen LogP contribution in [0.25, 0.3) is 0 Å². The minimum Gasteiger partial charge on any atom is -0.399 e. The van der Waals surface area contributed by atoms with Gasteiger partial charge in [-0.3, -0.25) is 4.79 Å². The lowest BCUT2D eigenvalue weighted by Gasteiger charge is -2.14. The second kappa shape index (κ2) is 5.63. The van der Waals surface area contributed by atoms with E-state index in [4.69, 9.17) is 5.73 Å². The fraction of sp³-hybridized carbons (Fsp3) is 0.333. The van der Waals surface area contributed by atoms with Crippen LogP contribution in [0.2, 0.25) is 0 Å². The van der Waals surface area contributed by atoms with Gasteiger partial charge in [0.2, 0.25) is 0 Å². The molecule has 0 fully saturated rings. The SMILES string of the molecule is Cc1nc(C)c(C(C)NC(=O)c2ccc(N)cc2C)s1. The summed E-state index contributed by atoms with van der Waals surface area (Å²) in [5.74, 6) is -0.0829. The van der Waals surface area contributed by atoms with Crippen molar-refractivity contribution < 1.29 is 4.79 Å². The van der Waals surface area contributed by atoms with Crippen molar-refractivity contribution in [2.75, 3.05) is 5.73 Å². The molecule has 1 unspecified atom stereocenters. The van der Waals surface area contributed by atoms with E-state index in [-0.39, 0.29) is 11.9 Å². The van der Waals surface area contributed by atoms with Crippen LogP contribution in [0.15, 0.2) is 18.2 Å². The molecule has 20 heavy (non-hydrogen) atoms. The van der Waals surface area contributed by atoms with Crippen molar-refractivity contribution in [1.82, 2.24) is 10.3 Å². The molecular formula is C15H19N3OS. The standard InChI is InChI=1S/C15H19N3OS/c1-8-7-12(16)5-6-13(8)15(19)18-10(3)14-9(2)17-11(4)20-14/h5-7,10H,16H2,1-4H3,(H,18,19). The van der Waals surface area contributed by atoms with Crippen molar-refractivity contribution >= 4 is 22.9 Å². The lowest BCUT2D eigenvalue weighted by Crippen LogP contribution is -2.27. The average Bonchev–Trinajstić information content (AvgIpc) is 2.68. The molecular weight excluding hydrogens is 270 g/mol. The molecule has 0 bridgehead atoms. The third kappa shape index (κ3) is 2.99. The quantitative estimate of drug-likeness (QED) is 0.853. The first-order chi connectivity index (χ1) is 9.38. The lowest BCUT2D eigenvalue weighted by atomic mass is 10.1. The number of thiazole rings is 1. The molecule has 0 spiro atoms. The number of benzene rings is 1. The molecule has 0 aliphatic rings. The zero-order valence-electron chi connectivity index (χ0n) is 12.2. The monoisotopic (exact) mass is 289 g/mol. The number of carbonyl (C=O) groups is 1. The molecule has 1 atom stereocenters. The van der Waals surface area contributed by atoms with Gasteiger partial charge in [0.15, 0.2) is 0 Å². The smallest absolute Gasteiger partial charge is 0.252 e. The Balaban J connectivity index is 2.17. The fourth-order valence-electron chi connectivity index (χ4n) is 2.23. The maximum atomic E-state index is 12.3. The Labute approximate surface area is 123 Å². The van der Waals surface area contributed by atoms with Crippen LogP contribution in [0, 0.1) is 20.8 Å². The van der Waals surface area contributed by atoms with Crippen molar-refractivity contribution in [1.29, 1.82) is 0 Å². The van der Waals surface area contributed by atoms with Gasteiger partial charge in [-0.15, -0.1) is 11.3 Å². The molecule has 106 valence electrons. The molecule has 0 radical (unpaired) electrons. The number of nitrogens with zero attached hydrogens (tertiary/aromatic N) is 1. The van der Waals surface area contributed by atoms with Crippen molar-refractivity contribution in [3.05, 3.63) is 44.9 Å². The van der Waals surface area contributed by atoms with Gasteiger partial charge in [-0.25, -0.2) is 4.98 Å². The third-order valence-corrected chi connectivity index (χ3v) is 4.43. The summed E-state index contributed by atoms with van der Waals surface area (Å²) in [5.41, 5.74) is 8.89. The molecule has 1 aromatic carbocycles. The highest BCUT2D eigenvalue weighted by molar-refractivity contribution is 7.11. The largest absolute Gasteiger partial charge is 0.399 e. The van der Waals surface area contributed by atoms with E-state index in [1.807, 2.05) is 33.8 Å². The van der Waals surface area contributed by atoms with Crippen molar-refractivity contribution in [2.24, 2.45) is 0 Å². The molecule has 1 amide bonds. The summed E-state index contributed by atoms with van der Waals surface area (Å²) in [6.45, 7) is 7.80. The summed E-state index contributed by atoms with van der Waals surface area (Å²) >= 11 is 1.62. The van der Waals surface area contributed by atoms with E-state index in [0.29, 0.717) is 11.3 Å². The van der Waals surface area contributed by atoms with Crippen LogP contribution < -0.4 is 11.1 Å². The number of carbonyl (C=O) groups excluding carboxylic acids is 1. The predicted octanol–water partition coefficient (Wildman–Crippen LogP) is 3.14. The highest BCUT2D eigenvalue weighted by Crippen LogP contribution is 2.25. The van der Waals surface area contributed by atoms with Gasteiger partial charge < -0.3 is 11.1 Å². The first-order valence-corrected chi connectivity index (χ1v) is 7.31. The Morgan fingerprint density at radius 2 is 2.05 bits per heavy atom. The zero-order valence-corrected chi connectivity index (χ0v) is 13.0. The van der Waals surface area contributed by atoms with Gasteiger partial charge in [0.25, 0.3) is 5.91 Å². The van der Waals surface area contributed by atoms with Crippen molar-refractivity contribution in [3.8, 4) is 0 Å². The van der Waals surface area contributed by atoms with Crippen molar-refractivity contribution in [2.45, 2.75) is 33.7 Å². The van der Waals surface area contributed by atoms with Gasteiger partial charge in [-0.2, -0.15) is 0 Å². The van der Waals surface area contributed by atoms with Gasteiger partial charge >= 0.3 is 0 Å². The van der Waals surface area contributed by atoms with E-state index in [9.17, 15) is 4.79 Å². The van der Waals surface area contributed by atoms with Crippen LogP contribution in [0.4, 0.5) is 5.69 Å². The number of aryl methyl sites for hydroxylation is 3. The minimum absolute atomic E-state index is 0.0503. The van der Waals surface area contributed by atoms with Crippen LogP contribution in [0.1, 0.15) is 44.5 Å². The summed E-state index contributed by atoms with van der Waals surface area (Å²) in [6.07, 6.45) is 0. The molecule has 0 saturated carbocycles. The first-order valence-electron chi connectivity index (χ1n) is 6.49. The van der Waals surface area contributed by atoms with E-state index in [2.05, 4.69) is 10.3 Å². The van der Waals surface area contributed by atoms with E-state index in [1.165, 1.54) is 0 Å². The molecule has 0 aliphatic carbocycles. The van der Waals surface area contributed by atoms with Crippen LogP contribution >= 0.6 is 11.3 Å². The Morgan fingerprint density at radius 1 is 1.35 bits per heavy atom. The van der Waals surface area contributed by atoms with Gasteiger partial charge in [0, 0.05) is 16.1 Å². The highest BCUT2D eigenvalue weighted by Gasteiger charge is 2.17. The number of aromatic nitrogens is 1. The summed E-state index contributed by atoms with van der Waals surface area (Å²) in [4.78, 5) is 17.8. The maximum absolute atomic E-state index is 12.3. The van der Waals surface area contributed by atoms with Crippen molar-refractivity contribution in [3.63, 3.8) is 0 Å². The summed E-state index contributed by atoms with van der Waals surface area (Å²) in [7, 11) is 0. The topological polar surface area (TPSA) is 68.0 Å². The fourth-order valence-corrected chi connectivity index (χ4v) is 3.16. The molecule has 5 heteroatoms. The van der Waals surface area contributed by atoms with Gasteiger partial charge in [-0.1, -0.05) is 0 Å². The van der Waals surface area contributed by atoms with Crippen LogP contribution in [0.3, 0.4) is 0 Å². The van der Waals surface area contributed by atoms with Gasteiger partial charge in [-0.05, 0) is 51.5 Å². The first kappa shape index (κ1) is 14.5. The molecule has 1 aromatic heterocycles. The number of nitrogens with two attached hydrogens (primary N) is 1. The normalized spacial score (nSPS) is 12.2. The number of hydrogen-bond acceptors (Lipinski definition) is 4. The Hall–Kier alpha value is -1.88. The van der Waals surface area contributed by atoms with E-state index in [0.717, 1.165) is 21.1 Å². The molecule has 3 N–H and O–H groups in total. The summed E-state index contributed by atoms with van der Waals surface area (Å²) in [6, 6.07) is 5.26. The Kier molecular flexibility index (Phi) is 4.09. The highest BCUT2D eigenvalue weighted by atomic mass is 32.1. The molecule has 2 rings (SSSR count). The molecule has 1 heterocycles. The molecule has 2 aromatic rings. The number of amides is 1. The second-order valence-corrected chi connectivity index (χ2v) is 6.19. The number of rotatable bonds is 3. The van der Waals surface area contributed by atoms with Crippen LogP contribution in [-0.2, 0) is 0 Å². The number of nitrogens with one attached hydrogen (secondary N) is 1. The van der Waals surface area contributed by atoms with E-state index in [1.54, 1.807) is 23.5 Å². The molecule has 4 nitrogen and oxygen atoms in total. The Bertz CT molecular complexity index is 649. The van der Waals surface area contributed by atoms with Crippen LogP contribution in [0.5, 0.6) is 0 Å². The number of hydrogen-bond donors (Lipinski definition) is 2. The summed E-state index contributed by atoms with van der Waals surface area (Å²) in [5, 5.41) is 4.03. The third-order valence-electron chi connectivity index (χ3n) is 3.18. The average molecular weight is 289 g/mol. The van der Waals surface area contributed by atoms with Gasteiger partial charge in [0.05, 0.1) is 16.7 Å². The number of nitrogen functional groups attached to an aromatic ring is 1. The zero-order chi connectivity index (χ0) is 14.9. The Morgan fingerprint density at radius 3 is 2.60 bits per heavy atom. The van der Waals surface area contributed by atoms with Gasteiger partial charge in [0.1, 0.15) is 0 Å². The molecule has 0 saturated heterocycles. The van der Waals surface area contributed by atoms with Crippen LogP contribution in [-0.4, -0.2) is 10.9 Å². The number of anilines is 1. The van der Waals surface area contributed by atoms with E-state index < -0.39 is 0 Å². The van der Waals surface area contributed by atoms with E-state index >= 15 is 0 Å². The second-order valence-electron chi connectivity index (χ2n) is 4.95. The lowest BCUT2D eigenvalue weighted by molar-refractivity contribution is 0.0940.